The minimum atomic E-state index is -0.419. The molecule has 2 heterocycles. The molecular weight excluding hydrogens is 287 g/mol. The Kier molecular flexibility index (Phi) is 3.08. The van der Waals surface area contributed by atoms with Crippen LogP contribution >= 0.6 is 22.9 Å². The molecule has 0 atom stereocenters. The van der Waals surface area contributed by atoms with E-state index in [4.69, 9.17) is 16.3 Å². The first kappa shape index (κ1) is 12.3. The van der Waals surface area contributed by atoms with E-state index in [2.05, 4.69) is 9.97 Å². The van der Waals surface area contributed by atoms with Crippen molar-refractivity contribution in [3.8, 4) is 16.5 Å². The predicted octanol–water partition coefficient (Wildman–Crippen LogP) is 4.16. The topological polar surface area (TPSA) is 35.0 Å². The molecule has 0 aliphatic rings. The van der Waals surface area contributed by atoms with Crippen LogP contribution in [0.4, 0.5) is 4.39 Å². The zero-order valence-corrected chi connectivity index (χ0v) is 11.4. The maximum absolute atomic E-state index is 13.7. The first-order valence-corrected chi connectivity index (χ1v) is 6.69. The predicted molar refractivity (Wildman–Crippen MR) is 74.4 cm³/mol. The minimum Gasteiger partial charge on any atom is -0.496 e. The van der Waals surface area contributed by atoms with E-state index in [1.54, 1.807) is 19.2 Å². The third-order valence-electron chi connectivity index (χ3n) is 2.66. The van der Waals surface area contributed by atoms with Gasteiger partial charge >= 0.3 is 0 Å². The molecule has 0 unspecified atom stereocenters. The van der Waals surface area contributed by atoms with Crippen LogP contribution in [0.2, 0.25) is 5.15 Å². The lowest BCUT2D eigenvalue weighted by Crippen LogP contribution is -1.92. The highest BCUT2D eigenvalue weighted by atomic mass is 35.5. The number of methoxy groups -OCH3 is 1. The molecule has 0 aliphatic carbocycles. The molecule has 3 rings (SSSR count). The summed E-state index contributed by atoms with van der Waals surface area (Å²) in [6.07, 6.45) is 0. The third kappa shape index (κ3) is 2.15. The van der Waals surface area contributed by atoms with Gasteiger partial charge in [-0.3, -0.25) is 0 Å². The zero-order valence-electron chi connectivity index (χ0n) is 9.85. The van der Waals surface area contributed by atoms with Gasteiger partial charge in [0.05, 0.1) is 22.9 Å². The van der Waals surface area contributed by atoms with Crippen LogP contribution in [0.15, 0.2) is 29.6 Å². The number of hydrogen-bond acceptors (Lipinski definition) is 4. The fourth-order valence-corrected chi connectivity index (χ4v) is 2.81. The molecule has 3 nitrogen and oxygen atoms in total. The number of ether oxygens (including phenoxy) is 1. The molecule has 0 saturated heterocycles. The molecule has 0 saturated carbocycles. The van der Waals surface area contributed by atoms with Crippen molar-refractivity contribution in [2.24, 2.45) is 0 Å². The lowest BCUT2D eigenvalue weighted by atomic mass is 10.2. The van der Waals surface area contributed by atoms with Crippen molar-refractivity contribution in [1.82, 2.24) is 9.97 Å². The largest absolute Gasteiger partial charge is 0.496 e. The van der Waals surface area contributed by atoms with Gasteiger partial charge in [-0.15, -0.1) is 11.3 Å². The molecule has 19 heavy (non-hydrogen) atoms. The summed E-state index contributed by atoms with van der Waals surface area (Å²) in [5, 5.41) is 2.21. The van der Waals surface area contributed by atoms with Gasteiger partial charge in [0.1, 0.15) is 16.7 Å². The Morgan fingerprint density at radius 2 is 2.16 bits per heavy atom. The molecule has 2 aromatic heterocycles. The maximum Gasteiger partial charge on any atom is 0.171 e. The molecule has 96 valence electrons. The average molecular weight is 295 g/mol. The number of thiophene rings is 1. The molecule has 6 heteroatoms. The Hall–Kier alpha value is -1.72. The van der Waals surface area contributed by atoms with Crippen LogP contribution in [0.1, 0.15) is 0 Å². The number of halogens is 2. The van der Waals surface area contributed by atoms with Crippen molar-refractivity contribution in [2.45, 2.75) is 0 Å². The summed E-state index contributed by atoms with van der Waals surface area (Å²) in [4.78, 5) is 9.31. The molecule has 1 aromatic carbocycles. The van der Waals surface area contributed by atoms with E-state index in [-0.39, 0.29) is 10.5 Å². The van der Waals surface area contributed by atoms with E-state index in [0.29, 0.717) is 11.3 Å². The number of benzene rings is 1. The van der Waals surface area contributed by atoms with E-state index in [0.717, 1.165) is 10.6 Å². The van der Waals surface area contributed by atoms with Gasteiger partial charge in [0.2, 0.25) is 0 Å². The first-order chi connectivity index (χ1) is 9.19. The van der Waals surface area contributed by atoms with E-state index >= 15 is 0 Å². The summed E-state index contributed by atoms with van der Waals surface area (Å²) in [5.41, 5.74) is 0.488. The van der Waals surface area contributed by atoms with Crippen LogP contribution in [0.5, 0.6) is 5.75 Å². The molecule has 0 bridgehead atoms. The maximum atomic E-state index is 13.7. The third-order valence-corrected chi connectivity index (χ3v) is 3.84. The van der Waals surface area contributed by atoms with Crippen molar-refractivity contribution >= 4 is 33.8 Å². The number of fused-ring (bicyclic) bond motifs is 1. The molecular formula is C13H8ClFN2OS. The summed E-state index contributed by atoms with van der Waals surface area (Å²) in [7, 11) is 1.59. The Labute approximate surface area is 117 Å². The van der Waals surface area contributed by atoms with Gasteiger partial charge in [0.15, 0.2) is 5.82 Å². The van der Waals surface area contributed by atoms with Crippen LogP contribution in [-0.4, -0.2) is 17.1 Å². The lowest BCUT2D eigenvalue weighted by Gasteiger charge is -2.03. The summed E-state index contributed by atoms with van der Waals surface area (Å²) in [6.45, 7) is 0. The minimum absolute atomic E-state index is 0.116. The standard InChI is InChI=1S/C13H8ClFN2OS/c1-18-7-5-10(19-6-7)13-16-9-4-2-3-8(15)11(9)12(14)17-13/h2-6H,1H3. The zero-order chi connectivity index (χ0) is 13.4. The van der Waals surface area contributed by atoms with Gasteiger partial charge in [-0.1, -0.05) is 17.7 Å². The molecule has 0 aliphatic heterocycles. The summed E-state index contributed by atoms with van der Waals surface area (Å²) in [5.74, 6) is 0.785. The van der Waals surface area contributed by atoms with E-state index in [1.807, 2.05) is 11.4 Å². The second kappa shape index (κ2) is 4.75. The van der Waals surface area contributed by atoms with Crippen LogP contribution in [0.25, 0.3) is 21.6 Å². The van der Waals surface area contributed by atoms with Crippen molar-refractivity contribution in [3.05, 3.63) is 40.6 Å². The highest BCUT2D eigenvalue weighted by Crippen LogP contribution is 2.32. The summed E-state index contributed by atoms with van der Waals surface area (Å²) >= 11 is 7.49. The summed E-state index contributed by atoms with van der Waals surface area (Å²) in [6, 6.07) is 6.47. The quantitative estimate of drug-likeness (QED) is 0.666. The molecule has 0 radical (unpaired) electrons. The van der Waals surface area contributed by atoms with Crippen LogP contribution in [0.3, 0.4) is 0 Å². The van der Waals surface area contributed by atoms with Crippen LogP contribution < -0.4 is 4.74 Å². The Bertz CT molecular complexity index is 759. The summed E-state index contributed by atoms with van der Waals surface area (Å²) < 4.78 is 18.8. The second-order valence-electron chi connectivity index (χ2n) is 3.82. The number of hydrogen-bond donors (Lipinski definition) is 0. The van der Waals surface area contributed by atoms with E-state index in [9.17, 15) is 4.39 Å². The van der Waals surface area contributed by atoms with Gasteiger partial charge in [0.25, 0.3) is 0 Å². The molecule has 0 N–H and O–H groups in total. The molecule has 3 aromatic rings. The molecule has 0 spiro atoms. The molecule has 0 fully saturated rings. The van der Waals surface area contributed by atoms with Gasteiger partial charge in [-0.2, -0.15) is 0 Å². The highest BCUT2D eigenvalue weighted by molar-refractivity contribution is 7.13. The van der Waals surface area contributed by atoms with Crippen LogP contribution in [0, 0.1) is 5.82 Å². The Balaban J connectivity index is 2.21. The van der Waals surface area contributed by atoms with Gasteiger partial charge < -0.3 is 4.74 Å². The van der Waals surface area contributed by atoms with Gasteiger partial charge in [0, 0.05) is 11.4 Å². The average Bonchev–Trinajstić information content (AvgIpc) is 2.87. The Morgan fingerprint density at radius 1 is 1.32 bits per heavy atom. The monoisotopic (exact) mass is 294 g/mol. The lowest BCUT2D eigenvalue weighted by molar-refractivity contribution is 0.417. The SMILES string of the molecule is COc1csc(-c2nc(Cl)c3c(F)cccc3n2)c1. The van der Waals surface area contributed by atoms with Crippen molar-refractivity contribution in [3.63, 3.8) is 0 Å². The Morgan fingerprint density at radius 3 is 2.89 bits per heavy atom. The number of rotatable bonds is 2. The van der Waals surface area contributed by atoms with Crippen LogP contribution in [-0.2, 0) is 0 Å². The van der Waals surface area contributed by atoms with Crippen molar-refractivity contribution in [1.29, 1.82) is 0 Å². The normalized spacial score (nSPS) is 10.9. The number of nitrogens with zero attached hydrogens (tertiary/aromatic N) is 2. The second-order valence-corrected chi connectivity index (χ2v) is 5.09. The van der Waals surface area contributed by atoms with Gasteiger partial charge in [-0.05, 0) is 12.1 Å². The first-order valence-electron chi connectivity index (χ1n) is 5.43. The van der Waals surface area contributed by atoms with E-state index < -0.39 is 5.82 Å². The fourth-order valence-electron chi connectivity index (χ4n) is 1.75. The van der Waals surface area contributed by atoms with Gasteiger partial charge in [-0.25, -0.2) is 14.4 Å². The van der Waals surface area contributed by atoms with Crippen molar-refractivity contribution in [2.75, 3.05) is 7.11 Å². The highest BCUT2D eigenvalue weighted by Gasteiger charge is 2.12. The molecule has 0 amide bonds. The fraction of sp³-hybridized carbons (Fsp3) is 0.0769. The smallest absolute Gasteiger partial charge is 0.171 e. The van der Waals surface area contributed by atoms with Crippen molar-refractivity contribution < 1.29 is 9.13 Å². The number of aromatic nitrogens is 2. The van der Waals surface area contributed by atoms with E-state index in [1.165, 1.54) is 17.4 Å².